The molecule has 0 spiro atoms. The van der Waals surface area contributed by atoms with E-state index in [-0.39, 0.29) is 5.91 Å². The summed E-state index contributed by atoms with van der Waals surface area (Å²) in [5.41, 5.74) is 4.37. The van der Waals surface area contributed by atoms with Crippen molar-refractivity contribution in [3.63, 3.8) is 0 Å². The van der Waals surface area contributed by atoms with Crippen LogP contribution in [-0.2, 0) is 11.2 Å². The van der Waals surface area contributed by atoms with Gasteiger partial charge in [0.15, 0.2) is 5.13 Å². The molecule has 0 aliphatic heterocycles. The van der Waals surface area contributed by atoms with Gasteiger partial charge in [0.05, 0.1) is 50.9 Å². The summed E-state index contributed by atoms with van der Waals surface area (Å²) in [6, 6.07) is 11.9. The maximum Gasteiger partial charge on any atom is 0.233 e. The molecule has 148 valence electrons. The van der Waals surface area contributed by atoms with Crippen molar-refractivity contribution < 1.29 is 14.4 Å². The number of ether oxygens (including phenoxy) is 1. The molecule has 0 unspecified atom stereocenters. The van der Waals surface area contributed by atoms with Crippen LogP contribution in [0.2, 0.25) is 0 Å². The lowest BCUT2D eigenvalue weighted by Crippen LogP contribution is -3.06. The molecule has 0 bridgehead atoms. The van der Waals surface area contributed by atoms with E-state index < -0.39 is 0 Å². The molecule has 5 nitrogen and oxygen atoms in total. The monoisotopic (exact) mass is 398 g/mol. The van der Waals surface area contributed by atoms with Crippen molar-refractivity contribution in [1.82, 2.24) is 4.98 Å². The van der Waals surface area contributed by atoms with Crippen molar-refractivity contribution in [2.75, 3.05) is 39.2 Å². The Labute approximate surface area is 170 Å². The third-order valence-corrected chi connectivity index (χ3v) is 6.00. The molecule has 3 aromatic rings. The number of amides is 1. The molecule has 0 saturated carbocycles. The molecule has 0 saturated heterocycles. The molecule has 0 aliphatic carbocycles. The third kappa shape index (κ3) is 4.51. The van der Waals surface area contributed by atoms with E-state index in [0.29, 0.717) is 13.0 Å². The van der Waals surface area contributed by atoms with Gasteiger partial charge in [-0.05, 0) is 48.7 Å². The van der Waals surface area contributed by atoms with E-state index in [9.17, 15) is 4.79 Å². The number of nitrogens with one attached hydrogen (secondary N) is 1. The molecule has 3 rings (SSSR count). The van der Waals surface area contributed by atoms with Gasteiger partial charge in [0.25, 0.3) is 0 Å². The molecule has 0 radical (unpaired) electrons. The van der Waals surface area contributed by atoms with Crippen LogP contribution in [0.3, 0.4) is 0 Å². The molecule has 1 amide bonds. The number of aryl methyl sites for hydroxylation is 2. The molecule has 0 aliphatic rings. The number of carbonyl (C=O) groups excluding carboxylic acids is 1. The van der Waals surface area contributed by atoms with E-state index in [0.717, 1.165) is 33.2 Å². The lowest BCUT2D eigenvalue weighted by atomic mass is 10.1. The van der Waals surface area contributed by atoms with E-state index in [1.54, 1.807) is 18.4 Å². The van der Waals surface area contributed by atoms with E-state index in [4.69, 9.17) is 9.72 Å². The van der Waals surface area contributed by atoms with Gasteiger partial charge in [-0.15, -0.1) is 0 Å². The lowest BCUT2D eigenvalue weighted by molar-refractivity contribution is -0.856. The Morgan fingerprint density at radius 2 is 1.86 bits per heavy atom. The maximum absolute atomic E-state index is 13.2. The topological polar surface area (TPSA) is 46.9 Å². The quantitative estimate of drug-likeness (QED) is 0.666. The Morgan fingerprint density at radius 1 is 1.14 bits per heavy atom. The predicted molar refractivity (Wildman–Crippen MR) is 116 cm³/mol. The molecular formula is C22H28N3O2S+. The number of rotatable bonds is 7. The van der Waals surface area contributed by atoms with Gasteiger partial charge < -0.3 is 9.64 Å². The minimum Gasteiger partial charge on any atom is -0.497 e. The number of quaternary nitrogens is 1. The van der Waals surface area contributed by atoms with Crippen molar-refractivity contribution in [3.05, 3.63) is 53.1 Å². The molecule has 6 heteroatoms. The highest BCUT2D eigenvalue weighted by Crippen LogP contribution is 2.32. The van der Waals surface area contributed by atoms with Gasteiger partial charge in [-0.1, -0.05) is 29.5 Å². The van der Waals surface area contributed by atoms with Gasteiger partial charge in [0, 0.05) is 0 Å². The summed E-state index contributed by atoms with van der Waals surface area (Å²) in [4.78, 5) is 21.1. The summed E-state index contributed by atoms with van der Waals surface area (Å²) in [6.07, 6.45) is 0.348. The second kappa shape index (κ2) is 8.71. The number of nitrogens with zero attached hydrogens (tertiary/aromatic N) is 2. The number of anilines is 1. The highest BCUT2D eigenvalue weighted by Gasteiger charge is 2.21. The van der Waals surface area contributed by atoms with Crippen molar-refractivity contribution in [3.8, 4) is 5.75 Å². The molecule has 28 heavy (non-hydrogen) atoms. The number of carbonyl (C=O) groups is 1. The first-order valence-corrected chi connectivity index (χ1v) is 10.3. The summed E-state index contributed by atoms with van der Waals surface area (Å²) < 4.78 is 6.33. The minimum atomic E-state index is 0.0693. The molecule has 0 fully saturated rings. The smallest absolute Gasteiger partial charge is 0.233 e. The first-order chi connectivity index (χ1) is 13.4. The van der Waals surface area contributed by atoms with Crippen LogP contribution in [0.1, 0.15) is 16.7 Å². The third-order valence-electron chi connectivity index (χ3n) is 4.96. The summed E-state index contributed by atoms with van der Waals surface area (Å²) in [5.74, 6) is 0.862. The fourth-order valence-corrected chi connectivity index (χ4v) is 4.07. The van der Waals surface area contributed by atoms with Crippen LogP contribution in [0.25, 0.3) is 10.2 Å². The molecule has 1 aromatic heterocycles. The predicted octanol–water partition coefficient (Wildman–Crippen LogP) is 2.64. The SMILES string of the molecule is COc1ccc(CC(=O)N(CC[NH+](C)C)c2nc3c(C)c(C)ccc3s2)cc1. The maximum atomic E-state index is 13.2. The minimum absolute atomic E-state index is 0.0693. The van der Waals surface area contributed by atoms with Crippen molar-refractivity contribution >= 4 is 32.6 Å². The van der Waals surface area contributed by atoms with E-state index >= 15 is 0 Å². The van der Waals surface area contributed by atoms with Gasteiger partial charge in [-0.3, -0.25) is 9.69 Å². The first-order valence-electron chi connectivity index (χ1n) is 9.48. The largest absolute Gasteiger partial charge is 0.497 e. The summed E-state index contributed by atoms with van der Waals surface area (Å²) >= 11 is 1.59. The van der Waals surface area contributed by atoms with Gasteiger partial charge in [-0.25, -0.2) is 4.98 Å². The van der Waals surface area contributed by atoms with Crippen LogP contribution >= 0.6 is 11.3 Å². The lowest BCUT2D eigenvalue weighted by Gasteiger charge is -2.20. The number of aromatic nitrogens is 1. The molecule has 1 N–H and O–H groups in total. The van der Waals surface area contributed by atoms with E-state index in [1.807, 2.05) is 29.2 Å². The van der Waals surface area contributed by atoms with Gasteiger partial charge in [-0.2, -0.15) is 0 Å². The van der Waals surface area contributed by atoms with Gasteiger partial charge in [0.2, 0.25) is 5.91 Å². The van der Waals surface area contributed by atoms with Crippen LogP contribution in [0, 0.1) is 13.8 Å². The van der Waals surface area contributed by atoms with Crippen molar-refractivity contribution in [2.45, 2.75) is 20.3 Å². The molecule has 2 aromatic carbocycles. The number of fused-ring (bicyclic) bond motifs is 1. The van der Waals surface area contributed by atoms with Gasteiger partial charge >= 0.3 is 0 Å². The number of hydrogen-bond acceptors (Lipinski definition) is 4. The Morgan fingerprint density at radius 3 is 2.50 bits per heavy atom. The standard InChI is InChI=1S/C22H27N3O2S/c1-15-6-11-19-21(16(15)2)23-22(28-19)25(13-12-24(3)4)20(26)14-17-7-9-18(27-5)10-8-17/h6-11H,12-14H2,1-5H3/p+1. The average molecular weight is 399 g/mol. The zero-order chi connectivity index (χ0) is 20.3. The number of methoxy groups -OCH3 is 1. The second-order valence-corrected chi connectivity index (χ2v) is 8.39. The Balaban J connectivity index is 1.89. The normalized spacial score (nSPS) is 11.2. The van der Waals surface area contributed by atoms with Crippen molar-refractivity contribution in [2.24, 2.45) is 0 Å². The van der Waals surface area contributed by atoms with E-state index in [1.165, 1.54) is 16.0 Å². The Hall–Kier alpha value is -2.44. The zero-order valence-corrected chi connectivity index (χ0v) is 18.0. The van der Waals surface area contributed by atoms with Crippen LogP contribution < -0.4 is 14.5 Å². The Kier molecular flexibility index (Phi) is 6.31. The van der Waals surface area contributed by atoms with Crippen LogP contribution in [0.5, 0.6) is 5.75 Å². The fraction of sp³-hybridized carbons (Fsp3) is 0.364. The zero-order valence-electron chi connectivity index (χ0n) is 17.2. The molecular weight excluding hydrogens is 370 g/mol. The average Bonchev–Trinajstić information content (AvgIpc) is 3.10. The number of thiazole rings is 1. The number of hydrogen-bond donors (Lipinski definition) is 1. The highest BCUT2D eigenvalue weighted by atomic mass is 32.1. The second-order valence-electron chi connectivity index (χ2n) is 7.38. The molecule has 0 atom stereocenters. The number of likely N-dealkylation sites (N-methyl/N-ethyl adjacent to an activating group) is 1. The first kappa shape index (κ1) is 20.3. The van der Waals surface area contributed by atoms with Crippen LogP contribution in [0.4, 0.5) is 5.13 Å². The van der Waals surface area contributed by atoms with E-state index in [2.05, 4.69) is 40.1 Å². The summed E-state index contributed by atoms with van der Waals surface area (Å²) in [6.45, 7) is 5.70. The Bertz CT molecular complexity index is 964. The fourth-order valence-electron chi connectivity index (χ4n) is 3.01. The summed E-state index contributed by atoms with van der Waals surface area (Å²) in [7, 11) is 5.83. The summed E-state index contributed by atoms with van der Waals surface area (Å²) in [5, 5.41) is 0.781. The van der Waals surface area contributed by atoms with Gasteiger partial charge in [0.1, 0.15) is 5.75 Å². The van der Waals surface area contributed by atoms with Crippen molar-refractivity contribution in [1.29, 1.82) is 0 Å². The highest BCUT2D eigenvalue weighted by molar-refractivity contribution is 7.22. The van der Waals surface area contributed by atoms with Crippen LogP contribution in [-0.4, -0.2) is 45.2 Å². The number of benzene rings is 2. The van der Waals surface area contributed by atoms with Crippen LogP contribution in [0.15, 0.2) is 36.4 Å². The molecule has 1 heterocycles.